The Morgan fingerprint density at radius 1 is 1.35 bits per heavy atom. The molecule has 0 aromatic heterocycles. The second kappa shape index (κ2) is 6.60. The molecule has 0 aliphatic heterocycles. The maximum absolute atomic E-state index is 13.8. The highest BCUT2D eigenvalue weighted by Crippen LogP contribution is 2.29. The van der Waals surface area contributed by atoms with E-state index in [0.29, 0.717) is 5.75 Å². The topological polar surface area (TPSA) is 21.3 Å². The zero-order valence-electron chi connectivity index (χ0n) is 11.1. The average Bonchev–Trinajstić information content (AvgIpc) is 2.31. The van der Waals surface area contributed by atoms with E-state index >= 15 is 0 Å². The average molecular weight is 239 g/mol. The lowest BCUT2D eigenvalue weighted by molar-refractivity contribution is 0.197. The molecule has 1 N–H and O–H groups in total. The maximum Gasteiger partial charge on any atom is 0.165 e. The number of rotatable bonds is 6. The quantitative estimate of drug-likeness (QED) is 0.817. The van der Waals surface area contributed by atoms with Crippen LogP contribution in [-0.4, -0.2) is 13.2 Å². The molecular weight excluding hydrogens is 217 g/mol. The molecule has 0 amide bonds. The molecule has 0 saturated carbocycles. The first kappa shape index (κ1) is 14.0. The van der Waals surface area contributed by atoms with Crippen molar-refractivity contribution in [1.82, 2.24) is 5.32 Å². The van der Waals surface area contributed by atoms with Gasteiger partial charge in [-0.2, -0.15) is 0 Å². The molecule has 0 fully saturated rings. The summed E-state index contributed by atoms with van der Waals surface area (Å²) in [6, 6.07) is 5.14. The van der Waals surface area contributed by atoms with Gasteiger partial charge in [0.05, 0.1) is 6.10 Å². The van der Waals surface area contributed by atoms with Gasteiger partial charge in [-0.15, -0.1) is 0 Å². The number of para-hydroxylation sites is 1. The lowest BCUT2D eigenvalue weighted by atomic mass is 10.1. The summed E-state index contributed by atoms with van der Waals surface area (Å²) in [5, 5.41) is 3.11. The molecule has 0 radical (unpaired) electrons. The van der Waals surface area contributed by atoms with Gasteiger partial charge in [0, 0.05) is 11.6 Å². The Morgan fingerprint density at radius 2 is 2.06 bits per heavy atom. The lowest BCUT2D eigenvalue weighted by Crippen LogP contribution is -2.18. The summed E-state index contributed by atoms with van der Waals surface area (Å²) in [4.78, 5) is 0. The van der Waals surface area contributed by atoms with Gasteiger partial charge in [-0.25, -0.2) is 4.39 Å². The third-order valence-corrected chi connectivity index (χ3v) is 2.91. The fourth-order valence-corrected chi connectivity index (χ4v) is 1.81. The second-order valence-electron chi connectivity index (χ2n) is 4.39. The van der Waals surface area contributed by atoms with Crippen molar-refractivity contribution in [2.75, 3.05) is 7.05 Å². The molecule has 0 bridgehead atoms. The fraction of sp³-hybridized carbons (Fsp3) is 0.571. The Labute approximate surface area is 103 Å². The Bertz CT molecular complexity index is 354. The van der Waals surface area contributed by atoms with Crippen LogP contribution in [0.5, 0.6) is 5.75 Å². The van der Waals surface area contributed by atoms with E-state index in [9.17, 15) is 4.39 Å². The van der Waals surface area contributed by atoms with Crippen LogP contribution in [0.4, 0.5) is 4.39 Å². The maximum atomic E-state index is 13.8. The predicted molar refractivity (Wildman–Crippen MR) is 68.9 cm³/mol. The summed E-state index contributed by atoms with van der Waals surface area (Å²) in [7, 11) is 1.86. The summed E-state index contributed by atoms with van der Waals surface area (Å²) in [5.41, 5.74) is 0.871. The monoisotopic (exact) mass is 239 g/mol. The van der Waals surface area contributed by atoms with Crippen LogP contribution in [0.1, 0.15) is 45.2 Å². The number of ether oxygens (including phenoxy) is 1. The van der Waals surface area contributed by atoms with Gasteiger partial charge >= 0.3 is 0 Å². The van der Waals surface area contributed by atoms with Gasteiger partial charge in [-0.1, -0.05) is 25.5 Å². The normalized spacial score (nSPS) is 14.4. The molecule has 2 unspecified atom stereocenters. The molecule has 3 heteroatoms. The summed E-state index contributed by atoms with van der Waals surface area (Å²) < 4.78 is 19.5. The van der Waals surface area contributed by atoms with E-state index in [1.807, 2.05) is 27.0 Å². The van der Waals surface area contributed by atoms with Crippen LogP contribution in [0, 0.1) is 5.82 Å². The highest BCUT2D eigenvalue weighted by atomic mass is 19.1. The summed E-state index contributed by atoms with van der Waals surface area (Å²) in [6.45, 7) is 6.06. The third kappa shape index (κ3) is 3.70. The van der Waals surface area contributed by atoms with Crippen LogP contribution in [0.25, 0.3) is 0 Å². The first-order chi connectivity index (χ1) is 8.10. The molecule has 1 rings (SSSR count). The van der Waals surface area contributed by atoms with Crippen molar-refractivity contribution in [3.8, 4) is 5.75 Å². The molecule has 1 aromatic carbocycles. The zero-order valence-corrected chi connectivity index (χ0v) is 11.1. The lowest BCUT2D eigenvalue weighted by Gasteiger charge is -2.20. The predicted octanol–water partition coefficient (Wildman–Crippen LogP) is 3.67. The van der Waals surface area contributed by atoms with Gasteiger partial charge in [0.2, 0.25) is 0 Å². The zero-order chi connectivity index (χ0) is 12.8. The highest BCUT2D eigenvalue weighted by molar-refractivity contribution is 5.37. The highest BCUT2D eigenvalue weighted by Gasteiger charge is 2.16. The van der Waals surface area contributed by atoms with Crippen LogP contribution in [0.3, 0.4) is 0 Å². The number of nitrogens with one attached hydrogen (secondary N) is 1. The van der Waals surface area contributed by atoms with Crippen LogP contribution in [-0.2, 0) is 0 Å². The Balaban J connectivity index is 2.95. The van der Waals surface area contributed by atoms with Crippen molar-refractivity contribution in [2.24, 2.45) is 0 Å². The van der Waals surface area contributed by atoms with Gasteiger partial charge in [-0.05, 0) is 33.4 Å². The van der Waals surface area contributed by atoms with Gasteiger partial charge in [0.25, 0.3) is 0 Å². The molecule has 2 atom stereocenters. The Morgan fingerprint density at radius 3 is 2.65 bits per heavy atom. The minimum Gasteiger partial charge on any atom is -0.487 e. The van der Waals surface area contributed by atoms with Crippen molar-refractivity contribution in [3.05, 3.63) is 29.6 Å². The van der Waals surface area contributed by atoms with Crippen LogP contribution in [0.2, 0.25) is 0 Å². The van der Waals surface area contributed by atoms with Crippen LogP contribution in [0.15, 0.2) is 18.2 Å². The van der Waals surface area contributed by atoms with E-state index in [1.54, 1.807) is 6.07 Å². The van der Waals surface area contributed by atoms with Gasteiger partial charge in [-0.3, -0.25) is 0 Å². The number of hydrogen-bond acceptors (Lipinski definition) is 2. The first-order valence-electron chi connectivity index (χ1n) is 6.22. The van der Waals surface area contributed by atoms with Crippen LogP contribution < -0.4 is 10.1 Å². The van der Waals surface area contributed by atoms with E-state index in [1.165, 1.54) is 6.07 Å². The molecule has 17 heavy (non-hydrogen) atoms. The standard InChI is InChI=1S/C14H22FNO/c1-5-7-10(2)17-14-12(11(3)16-4)8-6-9-13(14)15/h6,8-11,16H,5,7H2,1-4H3. The molecule has 1 aromatic rings. The van der Waals surface area contributed by atoms with E-state index in [-0.39, 0.29) is 18.0 Å². The van der Waals surface area contributed by atoms with Crippen molar-refractivity contribution in [2.45, 2.75) is 45.8 Å². The molecule has 0 aliphatic carbocycles. The molecule has 0 aliphatic rings. The summed E-state index contributed by atoms with van der Waals surface area (Å²) in [5.74, 6) is 0.0999. The third-order valence-electron chi connectivity index (χ3n) is 2.91. The molecular formula is C14H22FNO. The van der Waals surface area contributed by atoms with Gasteiger partial charge < -0.3 is 10.1 Å². The SMILES string of the molecule is CCCC(C)Oc1c(F)cccc1C(C)NC. The second-order valence-corrected chi connectivity index (χ2v) is 4.39. The Hall–Kier alpha value is -1.09. The Kier molecular flexibility index (Phi) is 5.42. The van der Waals surface area contributed by atoms with Gasteiger partial charge in [0.1, 0.15) is 0 Å². The van der Waals surface area contributed by atoms with E-state index in [4.69, 9.17) is 4.74 Å². The number of benzene rings is 1. The van der Waals surface area contributed by atoms with E-state index in [2.05, 4.69) is 12.2 Å². The fourth-order valence-electron chi connectivity index (χ4n) is 1.81. The minimum atomic E-state index is -0.285. The van der Waals surface area contributed by atoms with E-state index < -0.39 is 0 Å². The molecule has 2 nitrogen and oxygen atoms in total. The number of halogens is 1. The van der Waals surface area contributed by atoms with Crippen molar-refractivity contribution in [3.63, 3.8) is 0 Å². The largest absolute Gasteiger partial charge is 0.487 e. The first-order valence-corrected chi connectivity index (χ1v) is 6.22. The smallest absolute Gasteiger partial charge is 0.165 e. The summed E-state index contributed by atoms with van der Waals surface area (Å²) >= 11 is 0. The number of hydrogen-bond donors (Lipinski definition) is 1. The molecule has 0 spiro atoms. The molecule has 96 valence electrons. The molecule has 0 saturated heterocycles. The van der Waals surface area contributed by atoms with Crippen LogP contribution >= 0.6 is 0 Å². The van der Waals surface area contributed by atoms with Gasteiger partial charge in [0.15, 0.2) is 11.6 Å². The van der Waals surface area contributed by atoms with Crippen molar-refractivity contribution < 1.29 is 9.13 Å². The molecule has 0 heterocycles. The van der Waals surface area contributed by atoms with E-state index in [0.717, 1.165) is 18.4 Å². The minimum absolute atomic E-state index is 0.0414. The van der Waals surface area contributed by atoms with Crippen molar-refractivity contribution >= 4 is 0 Å². The summed E-state index contributed by atoms with van der Waals surface area (Å²) in [6.07, 6.45) is 2.01. The van der Waals surface area contributed by atoms with Crippen molar-refractivity contribution in [1.29, 1.82) is 0 Å².